The van der Waals surface area contributed by atoms with Gasteiger partial charge in [-0.2, -0.15) is 0 Å². The summed E-state index contributed by atoms with van der Waals surface area (Å²) in [4.78, 5) is 42.0. The van der Waals surface area contributed by atoms with Crippen molar-refractivity contribution in [1.82, 2.24) is 15.1 Å². The predicted molar refractivity (Wildman–Crippen MR) is 122 cm³/mol. The summed E-state index contributed by atoms with van der Waals surface area (Å²) >= 11 is 3.41. The first-order valence-electron chi connectivity index (χ1n) is 10.9. The van der Waals surface area contributed by atoms with E-state index in [2.05, 4.69) is 21.2 Å². The lowest BCUT2D eigenvalue weighted by Crippen LogP contribution is -2.54. The van der Waals surface area contributed by atoms with Gasteiger partial charge in [-0.1, -0.05) is 35.8 Å². The number of likely N-dealkylation sites (N-methyl/N-ethyl adjacent to an activating group) is 1. The van der Waals surface area contributed by atoms with Gasteiger partial charge in [-0.25, -0.2) is 0 Å². The van der Waals surface area contributed by atoms with Crippen LogP contribution in [0.4, 0.5) is 0 Å². The molecule has 0 radical (unpaired) electrons. The smallest absolute Gasteiger partial charge is 0.253 e. The third-order valence-corrected chi connectivity index (χ3v) is 6.11. The Labute approximate surface area is 188 Å². The molecule has 30 heavy (non-hydrogen) atoms. The quantitative estimate of drug-likeness (QED) is 0.617. The number of rotatable bonds is 8. The van der Waals surface area contributed by atoms with E-state index in [4.69, 9.17) is 0 Å². The summed E-state index contributed by atoms with van der Waals surface area (Å²) in [5, 5.41) is 3.01. The Balaban J connectivity index is 2.08. The number of piperidine rings is 1. The van der Waals surface area contributed by atoms with Gasteiger partial charge in [-0.05, 0) is 56.7 Å². The summed E-state index contributed by atoms with van der Waals surface area (Å²) in [6.07, 6.45) is 1.79. The van der Waals surface area contributed by atoms with Crippen LogP contribution in [0.15, 0.2) is 28.7 Å². The van der Waals surface area contributed by atoms with Crippen molar-refractivity contribution in [2.24, 2.45) is 11.8 Å². The van der Waals surface area contributed by atoms with E-state index in [0.717, 1.165) is 4.47 Å². The molecule has 1 saturated heterocycles. The van der Waals surface area contributed by atoms with Gasteiger partial charge < -0.3 is 15.1 Å². The van der Waals surface area contributed by atoms with Crippen molar-refractivity contribution in [3.8, 4) is 0 Å². The van der Waals surface area contributed by atoms with Gasteiger partial charge in [-0.3, -0.25) is 14.4 Å². The number of halogens is 1. The Morgan fingerprint density at radius 1 is 1.17 bits per heavy atom. The fraction of sp³-hybridized carbons (Fsp3) is 0.609. The number of hydrogen-bond acceptors (Lipinski definition) is 3. The van der Waals surface area contributed by atoms with Crippen molar-refractivity contribution < 1.29 is 14.4 Å². The van der Waals surface area contributed by atoms with Crippen LogP contribution in [-0.2, 0) is 9.59 Å². The number of nitrogens with zero attached hydrogens (tertiary/aromatic N) is 2. The lowest BCUT2D eigenvalue weighted by molar-refractivity contribution is -0.138. The van der Waals surface area contributed by atoms with Crippen LogP contribution in [0.25, 0.3) is 0 Å². The zero-order valence-corrected chi connectivity index (χ0v) is 20.1. The van der Waals surface area contributed by atoms with Crippen LogP contribution in [0.1, 0.15) is 57.3 Å². The third kappa shape index (κ3) is 6.56. The fourth-order valence-electron chi connectivity index (χ4n) is 3.96. The molecule has 0 aliphatic carbocycles. The predicted octanol–water partition coefficient (Wildman–Crippen LogP) is 3.70. The van der Waals surface area contributed by atoms with E-state index in [0.29, 0.717) is 51.0 Å². The minimum atomic E-state index is -0.528. The highest BCUT2D eigenvalue weighted by Gasteiger charge is 2.35. The number of carbonyl (C=O) groups is 3. The molecule has 0 aromatic heterocycles. The first kappa shape index (κ1) is 24.4. The topological polar surface area (TPSA) is 69.7 Å². The van der Waals surface area contributed by atoms with E-state index in [9.17, 15) is 14.4 Å². The lowest BCUT2D eigenvalue weighted by atomic mass is 9.87. The maximum absolute atomic E-state index is 13.1. The first-order valence-corrected chi connectivity index (χ1v) is 11.7. The second-order valence-corrected chi connectivity index (χ2v) is 9.21. The minimum absolute atomic E-state index is 0.00483. The molecule has 6 nitrogen and oxygen atoms in total. The minimum Gasteiger partial charge on any atom is -0.344 e. The monoisotopic (exact) mass is 479 g/mol. The van der Waals surface area contributed by atoms with Crippen LogP contribution < -0.4 is 5.32 Å². The molecule has 1 aliphatic rings. The molecule has 1 fully saturated rings. The SMILES string of the molecule is CCN(CC)C(=O)C(NC(=O)CC(C)C)C1CCN(C(=O)c2cccc(Br)c2)CC1. The van der Waals surface area contributed by atoms with Gasteiger partial charge >= 0.3 is 0 Å². The summed E-state index contributed by atoms with van der Waals surface area (Å²) in [6, 6.07) is 6.87. The normalized spacial score (nSPS) is 15.7. The number of benzene rings is 1. The maximum Gasteiger partial charge on any atom is 0.253 e. The van der Waals surface area contributed by atoms with Gasteiger partial charge in [0.05, 0.1) is 0 Å². The molecule has 0 spiro atoms. The van der Waals surface area contributed by atoms with E-state index >= 15 is 0 Å². The van der Waals surface area contributed by atoms with Crippen LogP contribution >= 0.6 is 15.9 Å². The average Bonchev–Trinajstić information content (AvgIpc) is 2.72. The second-order valence-electron chi connectivity index (χ2n) is 8.29. The summed E-state index contributed by atoms with van der Waals surface area (Å²) in [5.74, 6) is 0.168. The second kappa shape index (κ2) is 11.5. The third-order valence-electron chi connectivity index (χ3n) is 5.62. The summed E-state index contributed by atoms with van der Waals surface area (Å²) in [5.41, 5.74) is 0.656. The van der Waals surface area contributed by atoms with Crippen molar-refractivity contribution in [3.63, 3.8) is 0 Å². The summed E-state index contributed by atoms with van der Waals surface area (Å²) in [7, 11) is 0. The Bertz CT molecular complexity index is 741. The Hall–Kier alpha value is -1.89. The number of nitrogens with one attached hydrogen (secondary N) is 1. The first-order chi connectivity index (χ1) is 14.3. The molecule has 1 unspecified atom stereocenters. The molecule has 166 valence electrons. The number of carbonyl (C=O) groups excluding carboxylic acids is 3. The molecule has 3 amide bonds. The van der Waals surface area contributed by atoms with Crippen LogP contribution in [0, 0.1) is 11.8 Å². The van der Waals surface area contributed by atoms with Gasteiger partial charge in [-0.15, -0.1) is 0 Å². The van der Waals surface area contributed by atoms with Crippen molar-refractivity contribution in [2.45, 2.75) is 53.0 Å². The maximum atomic E-state index is 13.1. The molecule has 1 N–H and O–H groups in total. The summed E-state index contributed by atoms with van der Waals surface area (Å²) in [6.45, 7) is 10.3. The molecule has 1 heterocycles. The van der Waals surface area contributed by atoms with Crippen molar-refractivity contribution in [2.75, 3.05) is 26.2 Å². The molecular weight excluding hydrogens is 446 g/mol. The van der Waals surface area contributed by atoms with Crippen LogP contribution in [-0.4, -0.2) is 59.7 Å². The molecule has 1 aromatic carbocycles. The van der Waals surface area contributed by atoms with Crippen LogP contribution in [0.2, 0.25) is 0 Å². The van der Waals surface area contributed by atoms with Gasteiger partial charge in [0.1, 0.15) is 6.04 Å². The lowest BCUT2D eigenvalue weighted by Gasteiger charge is -2.37. The number of likely N-dealkylation sites (tertiary alicyclic amines) is 1. The van der Waals surface area contributed by atoms with Crippen LogP contribution in [0.3, 0.4) is 0 Å². The molecular formula is C23H34BrN3O3. The highest BCUT2D eigenvalue weighted by atomic mass is 79.9. The largest absolute Gasteiger partial charge is 0.344 e. The van der Waals surface area contributed by atoms with E-state index < -0.39 is 6.04 Å². The van der Waals surface area contributed by atoms with Crippen molar-refractivity contribution in [1.29, 1.82) is 0 Å². The zero-order chi connectivity index (χ0) is 22.3. The zero-order valence-electron chi connectivity index (χ0n) is 18.5. The highest BCUT2D eigenvalue weighted by Crippen LogP contribution is 2.24. The standard InChI is InChI=1S/C23H34BrN3O3/c1-5-26(6-2)23(30)21(25-20(28)14-16(3)4)17-10-12-27(13-11-17)22(29)18-8-7-9-19(24)15-18/h7-9,15-17,21H,5-6,10-14H2,1-4H3,(H,25,28). The molecule has 2 rings (SSSR count). The molecule has 1 aromatic rings. The summed E-state index contributed by atoms with van der Waals surface area (Å²) < 4.78 is 0.876. The van der Waals surface area contributed by atoms with E-state index in [-0.39, 0.29) is 29.6 Å². The van der Waals surface area contributed by atoms with E-state index in [1.807, 2.05) is 56.9 Å². The molecule has 0 saturated carbocycles. The molecule has 0 bridgehead atoms. The fourth-order valence-corrected chi connectivity index (χ4v) is 4.36. The van der Waals surface area contributed by atoms with E-state index in [1.54, 1.807) is 4.90 Å². The Morgan fingerprint density at radius 2 is 1.80 bits per heavy atom. The molecule has 1 atom stereocenters. The Morgan fingerprint density at radius 3 is 2.33 bits per heavy atom. The average molecular weight is 480 g/mol. The van der Waals surface area contributed by atoms with Gasteiger partial charge in [0.15, 0.2) is 0 Å². The number of hydrogen-bond donors (Lipinski definition) is 1. The van der Waals surface area contributed by atoms with Crippen LogP contribution in [0.5, 0.6) is 0 Å². The highest BCUT2D eigenvalue weighted by molar-refractivity contribution is 9.10. The van der Waals surface area contributed by atoms with Gasteiger partial charge in [0.2, 0.25) is 11.8 Å². The van der Waals surface area contributed by atoms with Gasteiger partial charge in [0.25, 0.3) is 5.91 Å². The molecule has 7 heteroatoms. The van der Waals surface area contributed by atoms with Gasteiger partial charge in [0, 0.05) is 42.6 Å². The van der Waals surface area contributed by atoms with Crippen molar-refractivity contribution in [3.05, 3.63) is 34.3 Å². The van der Waals surface area contributed by atoms with Crippen molar-refractivity contribution >= 4 is 33.7 Å². The Kier molecular flexibility index (Phi) is 9.34. The molecule has 1 aliphatic heterocycles. The van der Waals surface area contributed by atoms with E-state index in [1.165, 1.54) is 0 Å². The number of amides is 3.